The number of morpholine rings is 1. The third-order valence-electron chi connectivity index (χ3n) is 6.15. The van der Waals surface area contributed by atoms with Crippen molar-refractivity contribution < 1.29 is 9.53 Å². The van der Waals surface area contributed by atoms with Crippen molar-refractivity contribution in [3.8, 4) is 0 Å². The quantitative estimate of drug-likeness (QED) is 0.747. The van der Waals surface area contributed by atoms with Gasteiger partial charge in [-0.15, -0.1) is 0 Å². The van der Waals surface area contributed by atoms with Crippen molar-refractivity contribution in [2.75, 3.05) is 45.9 Å². The van der Waals surface area contributed by atoms with Crippen LogP contribution in [0.1, 0.15) is 51.9 Å². The minimum absolute atomic E-state index is 0.0918. The topological polar surface area (TPSA) is 44.8 Å². The average Bonchev–Trinajstić information content (AvgIpc) is 3.06. The number of ether oxygens (including phenoxy) is 1. The Hall–Kier alpha value is -0.910. The van der Waals surface area contributed by atoms with E-state index in [2.05, 4.69) is 28.6 Å². The third-order valence-corrected chi connectivity index (χ3v) is 6.15. The van der Waals surface area contributed by atoms with Gasteiger partial charge in [0.2, 0.25) is 5.91 Å². The van der Waals surface area contributed by atoms with Gasteiger partial charge in [-0.1, -0.05) is 25.0 Å². The summed E-state index contributed by atoms with van der Waals surface area (Å²) in [5, 5.41) is 3.34. The summed E-state index contributed by atoms with van der Waals surface area (Å²) in [6, 6.07) is 0.344. The molecule has 0 atom stereocenters. The number of hydrogen-bond donors (Lipinski definition) is 1. The number of hydrogen-bond acceptors (Lipinski definition) is 4. The molecule has 1 amide bonds. The van der Waals surface area contributed by atoms with Crippen LogP contribution in [0.2, 0.25) is 0 Å². The molecule has 0 radical (unpaired) electrons. The number of carbonyl (C=O) groups is 1. The fraction of sp³-hybridized carbons (Fsp3) is 0.850. The Bertz CT molecular complexity index is 460. The second kappa shape index (κ2) is 8.65. The first-order valence-corrected chi connectivity index (χ1v) is 10.1. The van der Waals surface area contributed by atoms with Crippen LogP contribution in [0.3, 0.4) is 0 Å². The molecule has 0 aromatic carbocycles. The van der Waals surface area contributed by atoms with Crippen LogP contribution in [0.15, 0.2) is 12.2 Å². The summed E-state index contributed by atoms with van der Waals surface area (Å²) < 4.78 is 5.52. The first-order valence-electron chi connectivity index (χ1n) is 10.1. The highest BCUT2D eigenvalue weighted by Crippen LogP contribution is 2.38. The number of rotatable bonds is 6. The molecule has 2 aliphatic heterocycles. The Morgan fingerprint density at radius 1 is 1.16 bits per heavy atom. The highest BCUT2D eigenvalue weighted by molar-refractivity contribution is 5.77. The predicted molar refractivity (Wildman–Crippen MR) is 101 cm³/mol. The van der Waals surface area contributed by atoms with Crippen molar-refractivity contribution in [3.63, 3.8) is 0 Å². The molecule has 1 saturated carbocycles. The zero-order valence-corrected chi connectivity index (χ0v) is 15.9. The summed E-state index contributed by atoms with van der Waals surface area (Å²) >= 11 is 0. The van der Waals surface area contributed by atoms with Crippen LogP contribution in [-0.4, -0.2) is 73.2 Å². The summed E-state index contributed by atoms with van der Waals surface area (Å²) in [5.74, 6) is 0.256. The molecule has 142 valence electrons. The van der Waals surface area contributed by atoms with Gasteiger partial charge in [-0.05, 0) is 32.6 Å². The van der Waals surface area contributed by atoms with E-state index in [0.29, 0.717) is 12.5 Å². The molecule has 1 aliphatic carbocycles. The van der Waals surface area contributed by atoms with Crippen LogP contribution in [0.25, 0.3) is 0 Å². The molecule has 2 saturated heterocycles. The Labute approximate surface area is 152 Å². The van der Waals surface area contributed by atoms with Gasteiger partial charge >= 0.3 is 0 Å². The van der Waals surface area contributed by atoms with E-state index in [9.17, 15) is 4.79 Å². The Morgan fingerprint density at radius 3 is 2.40 bits per heavy atom. The normalized spacial score (nSPS) is 25.8. The van der Waals surface area contributed by atoms with Crippen LogP contribution in [-0.2, 0) is 9.53 Å². The third kappa shape index (κ3) is 5.05. The molecule has 0 bridgehead atoms. The van der Waals surface area contributed by atoms with Gasteiger partial charge in [0.1, 0.15) is 0 Å². The van der Waals surface area contributed by atoms with E-state index >= 15 is 0 Å². The molecular formula is C20H35N3O2. The molecule has 0 aromatic heterocycles. The maximum Gasteiger partial charge on any atom is 0.222 e. The predicted octanol–water partition coefficient (Wildman–Crippen LogP) is 2.18. The molecule has 5 heteroatoms. The summed E-state index contributed by atoms with van der Waals surface area (Å²) in [4.78, 5) is 17.8. The molecular weight excluding hydrogens is 314 g/mol. The van der Waals surface area contributed by atoms with Crippen molar-refractivity contribution in [1.82, 2.24) is 15.1 Å². The molecule has 0 aromatic rings. The monoisotopic (exact) mass is 349 g/mol. The fourth-order valence-electron chi connectivity index (χ4n) is 4.87. The van der Waals surface area contributed by atoms with Crippen molar-refractivity contribution >= 4 is 5.91 Å². The van der Waals surface area contributed by atoms with Crippen LogP contribution < -0.4 is 5.32 Å². The van der Waals surface area contributed by atoms with E-state index in [1.807, 2.05) is 0 Å². The molecule has 3 rings (SSSR count). The number of nitrogens with one attached hydrogen (secondary N) is 1. The van der Waals surface area contributed by atoms with Crippen LogP contribution >= 0.6 is 0 Å². The van der Waals surface area contributed by atoms with Crippen LogP contribution in [0.5, 0.6) is 0 Å². The second-order valence-corrected chi connectivity index (χ2v) is 8.28. The minimum Gasteiger partial charge on any atom is -0.379 e. The Morgan fingerprint density at radius 2 is 1.80 bits per heavy atom. The summed E-state index contributed by atoms with van der Waals surface area (Å²) in [6.45, 7) is 12.8. The second-order valence-electron chi connectivity index (χ2n) is 8.28. The average molecular weight is 350 g/mol. The number of nitrogens with zero attached hydrogens (tertiary/aromatic N) is 2. The maximum atomic E-state index is 12.8. The first kappa shape index (κ1) is 18.9. The van der Waals surface area contributed by atoms with Gasteiger partial charge in [0, 0.05) is 50.7 Å². The lowest BCUT2D eigenvalue weighted by Gasteiger charge is -2.43. The van der Waals surface area contributed by atoms with Gasteiger partial charge in [0.15, 0.2) is 0 Å². The van der Waals surface area contributed by atoms with E-state index in [1.165, 1.54) is 18.4 Å². The largest absolute Gasteiger partial charge is 0.379 e. The number of likely N-dealkylation sites (tertiary alicyclic amines) is 1. The molecule has 25 heavy (non-hydrogen) atoms. The van der Waals surface area contributed by atoms with E-state index in [0.717, 1.165) is 71.6 Å². The highest BCUT2D eigenvalue weighted by atomic mass is 16.5. The molecule has 2 heterocycles. The van der Waals surface area contributed by atoms with E-state index in [4.69, 9.17) is 4.74 Å². The molecule has 0 unspecified atom stereocenters. The molecule has 3 aliphatic rings. The fourth-order valence-corrected chi connectivity index (χ4v) is 4.87. The first-order chi connectivity index (χ1) is 12.1. The van der Waals surface area contributed by atoms with Crippen molar-refractivity contribution in [3.05, 3.63) is 12.2 Å². The van der Waals surface area contributed by atoms with Gasteiger partial charge in [-0.2, -0.15) is 0 Å². The Balaban J connectivity index is 1.48. The Kier molecular flexibility index (Phi) is 6.53. The SMILES string of the molecule is C=C(C)CN1CCC(NC(=O)CC2(N3CCOCC3)CCCC2)CC1. The van der Waals surface area contributed by atoms with Crippen LogP contribution in [0.4, 0.5) is 0 Å². The number of carbonyl (C=O) groups excluding carboxylic acids is 1. The van der Waals surface area contributed by atoms with E-state index in [-0.39, 0.29) is 11.4 Å². The number of amides is 1. The van der Waals surface area contributed by atoms with E-state index in [1.54, 1.807) is 0 Å². The smallest absolute Gasteiger partial charge is 0.222 e. The van der Waals surface area contributed by atoms with Gasteiger partial charge in [-0.3, -0.25) is 14.6 Å². The maximum absolute atomic E-state index is 12.8. The van der Waals surface area contributed by atoms with Gasteiger partial charge in [0.25, 0.3) is 0 Å². The standard InChI is InChI=1S/C20H35N3O2/c1-17(2)16-22-9-5-18(6-10-22)21-19(24)15-20(7-3-4-8-20)23-11-13-25-14-12-23/h18H,1,3-16H2,2H3,(H,21,24). The molecule has 3 fully saturated rings. The molecule has 0 spiro atoms. The van der Waals surface area contributed by atoms with Gasteiger partial charge < -0.3 is 10.1 Å². The summed E-state index contributed by atoms with van der Waals surface area (Å²) in [6.07, 6.45) is 7.62. The van der Waals surface area contributed by atoms with Crippen molar-refractivity contribution in [2.45, 2.75) is 63.5 Å². The summed E-state index contributed by atoms with van der Waals surface area (Å²) in [7, 11) is 0. The lowest BCUT2D eigenvalue weighted by Crippen LogP contribution is -2.55. The molecule has 1 N–H and O–H groups in total. The van der Waals surface area contributed by atoms with Crippen molar-refractivity contribution in [1.29, 1.82) is 0 Å². The van der Waals surface area contributed by atoms with E-state index < -0.39 is 0 Å². The lowest BCUT2D eigenvalue weighted by atomic mass is 9.89. The van der Waals surface area contributed by atoms with Crippen molar-refractivity contribution in [2.24, 2.45) is 0 Å². The zero-order valence-electron chi connectivity index (χ0n) is 15.9. The minimum atomic E-state index is 0.0918. The number of piperidine rings is 1. The lowest BCUT2D eigenvalue weighted by molar-refractivity contribution is -0.126. The highest BCUT2D eigenvalue weighted by Gasteiger charge is 2.42. The van der Waals surface area contributed by atoms with Gasteiger partial charge in [-0.25, -0.2) is 0 Å². The zero-order chi connectivity index (χ0) is 17.7. The summed E-state index contributed by atoms with van der Waals surface area (Å²) in [5.41, 5.74) is 1.31. The van der Waals surface area contributed by atoms with Crippen LogP contribution in [0, 0.1) is 0 Å². The molecule has 5 nitrogen and oxygen atoms in total. The van der Waals surface area contributed by atoms with Gasteiger partial charge in [0.05, 0.1) is 13.2 Å².